The molecule has 168 valence electrons. The second-order valence-corrected chi connectivity index (χ2v) is 7.71. The topological polar surface area (TPSA) is 101 Å². The zero-order valence-corrected chi connectivity index (χ0v) is 18.5. The van der Waals surface area contributed by atoms with Gasteiger partial charge in [-0.15, -0.1) is 0 Å². The van der Waals surface area contributed by atoms with Gasteiger partial charge in [0.25, 0.3) is 0 Å². The molecule has 0 saturated carbocycles. The normalized spacial score (nSPS) is 11.6. The monoisotopic (exact) mass is 441 g/mol. The summed E-state index contributed by atoms with van der Waals surface area (Å²) in [7, 11) is 0. The van der Waals surface area contributed by atoms with Gasteiger partial charge in [0.1, 0.15) is 0 Å². The van der Waals surface area contributed by atoms with E-state index in [-0.39, 0.29) is 5.88 Å². The number of hydrogen-bond donors (Lipinski definition) is 3. The Morgan fingerprint density at radius 1 is 1.03 bits per heavy atom. The van der Waals surface area contributed by atoms with E-state index < -0.39 is 5.97 Å². The van der Waals surface area contributed by atoms with E-state index in [0.717, 1.165) is 29.5 Å². The van der Waals surface area contributed by atoms with Gasteiger partial charge in [-0.1, -0.05) is 48.5 Å². The van der Waals surface area contributed by atoms with Crippen LogP contribution in [0.5, 0.6) is 5.88 Å². The molecule has 6 nitrogen and oxygen atoms in total. The van der Waals surface area contributed by atoms with Crippen LogP contribution in [0.25, 0.3) is 10.9 Å². The van der Waals surface area contributed by atoms with Crippen LogP contribution in [0.3, 0.4) is 0 Å². The highest BCUT2D eigenvalue weighted by Crippen LogP contribution is 2.32. The lowest BCUT2D eigenvalue weighted by Gasteiger charge is -2.08. The van der Waals surface area contributed by atoms with Crippen LogP contribution in [0, 0.1) is 0 Å². The molecular weight excluding hydrogens is 414 g/mol. The van der Waals surface area contributed by atoms with Gasteiger partial charge in [0, 0.05) is 16.5 Å². The first kappa shape index (κ1) is 22.3. The van der Waals surface area contributed by atoms with Crippen molar-refractivity contribution in [1.29, 1.82) is 0 Å². The minimum atomic E-state index is -0.401. The third kappa shape index (κ3) is 4.96. The predicted molar refractivity (Wildman–Crippen MR) is 131 cm³/mol. The van der Waals surface area contributed by atoms with Crippen LogP contribution < -0.4 is 5.73 Å². The van der Waals surface area contributed by atoms with Crippen LogP contribution in [0.2, 0.25) is 0 Å². The first-order valence-electron chi connectivity index (χ1n) is 11.1. The van der Waals surface area contributed by atoms with E-state index in [1.807, 2.05) is 48.5 Å². The third-order valence-corrected chi connectivity index (χ3v) is 5.42. The first-order valence-corrected chi connectivity index (χ1v) is 11.1. The van der Waals surface area contributed by atoms with Crippen molar-refractivity contribution in [3.05, 3.63) is 95.1 Å². The summed E-state index contributed by atoms with van der Waals surface area (Å²) >= 11 is 0. The molecule has 4 rings (SSSR count). The lowest BCUT2D eigenvalue weighted by atomic mass is 10.00. The highest BCUT2D eigenvalue weighted by Gasteiger charge is 2.20. The summed E-state index contributed by atoms with van der Waals surface area (Å²) in [6.45, 7) is 2.73. The number of aromatic nitrogens is 1. The molecule has 0 aliphatic carbocycles. The minimum Gasteiger partial charge on any atom is -0.494 e. The number of aromatic amines is 1. The van der Waals surface area contributed by atoms with E-state index >= 15 is 0 Å². The molecule has 0 aliphatic rings. The van der Waals surface area contributed by atoms with Crippen molar-refractivity contribution in [3.8, 4) is 5.88 Å². The van der Waals surface area contributed by atoms with Crippen molar-refractivity contribution in [3.63, 3.8) is 0 Å². The molecule has 1 aromatic heterocycles. The molecule has 0 saturated heterocycles. The molecule has 1 heterocycles. The molecule has 0 amide bonds. The summed E-state index contributed by atoms with van der Waals surface area (Å²) in [5, 5.41) is 11.6. The molecule has 4 aromatic rings. The number of aliphatic imine (C=N–C) groups is 1. The SMILES string of the molecule is CCOC(=O)c1ccc2c(C(=Nc3ccc(CCCN)cc3)c3ccccc3)c(O)[nH]c2c1. The van der Waals surface area contributed by atoms with Crippen LogP contribution in [0.4, 0.5) is 5.69 Å². The zero-order chi connectivity index (χ0) is 23.2. The Labute approximate surface area is 192 Å². The van der Waals surface area contributed by atoms with E-state index in [0.29, 0.717) is 35.5 Å². The summed E-state index contributed by atoms with van der Waals surface area (Å²) in [4.78, 5) is 20.0. The number of nitrogens with zero attached hydrogens (tertiary/aromatic N) is 1. The maximum Gasteiger partial charge on any atom is 0.338 e. The Balaban J connectivity index is 1.81. The summed E-state index contributed by atoms with van der Waals surface area (Å²) in [5.41, 5.74) is 10.8. The first-order chi connectivity index (χ1) is 16.1. The lowest BCUT2D eigenvalue weighted by molar-refractivity contribution is 0.0526. The molecule has 0 aliphatic heterocycles. The van der Waals surface area contributed by atoms with E-state index in [9.17, 15) is 9.90 Å². The van der Waals surface area contributed by atoms with Gasteiger partial charge >= 0.3 is 5.97 Å². The standard InChI is InChI=1S/C27H27N3O3/c1-2-33-27(32)20-12-15-22-23(17-20)30-26(31)24(22)25(19-8-4-3-5-9-19)29-21-13-10-18(11-14-21)7-6-16-28/h3-5,8-15,17,30-31H,2,6-7,16,28H2,1H3. The fourth-order valence-corrected chi connectivity index (χ4v) is 3.80. The average molecular weight is 442 g/mol. The van der Waals surface area contributed by atoms with Crippen molar-refractivity contribution in [2.45, 2.75) is 19.8 Å². The molecular formula is C27H27N3O3. The number of benzene rings is 3. The van der Waals surface area contributed by atoms with Gasteiger partial charge < -0.3 is 20.6 Å². The van der Waals surface area contributed by atoms with Gasteiger partial charge in [0.15, 0.2) is 5.88 Å². The highest BCUT2D eigenvalue weighted by atomic mass is 16.5. The lowest BCUT2D eigenvalue weighted by Crippen LogP contribution is -2.05. The second kappa shape index (κ2) is 10.1. The third-order valence-electron chi connectivity index (χ3n) is 5.42. The summed E-state index contributed by atoms with van der Waals surface area (Å²) in [6, 6.07) is 23.0. The van der Waals surface area contributed by atoms with Crippen molar-refractivity contribution in [2.75, 3.05) is 13.2 Å². The Hall–Kier alpha value is -3.90. The molecule has 0 fully saturated rings. The summed E-state index contributed by atoms with van der Waals surface area (Å²) < 4.78 is 5.10. The molecule has 0 radical (unpaired) electrons. The van der Waals surface area contributed by atoms with Gasteiger partial charge in [-0.2, -0.15) is 0 Å². The van der Waals surface area contributed by atoms with Crippen LogP contribution in [-0.4, -0.2) is 34.9 Å². The number of carbonyl (C=O) groups is 1. The number of esters is 1. The van der Waals surface area contributed by atoms with Crippen LogP contribution in [-0.2, 0) is 11.2 Å². The van der Waals surface area contributed by atoms with Crippen molar-refractivity contribution >= 4 is 28.3 Å². The number of aromatic hydroxyl groups is 1. The molecule has 0 bridgehead atoms. The van der Waals surface area contributed by atoms with Crippen LogP contribution in [0.15, 0.2) is 77.8 Å². The number of nitrogens with one attached hydrogen (secondary N) is 1. The number of aryl methyl sites for hydroxylation is 1. The Kier molecular flexibility index (Phi) is 6.86. The van der Waals surface area contributed by atoms with Gasteiger partial charge in [-0.05, 0) is 56.1 Å². The van der Waals surface area contributed by atoms with E-state index in [1.165, 1.54) is 5.56 Å². The maximum atomic E-state index is 12.1. The Morgan fingerprint density at radius 3 is 2.48 bits per heavy atom. The number of hydrogen-bond acceptors (Lipinski definition) is 5. The largest absolute Gasteiger partial charge is 0.494 e. The van der Waals surface area contributed by atoms with Crippen molar-refractivity contribution in [1.82, 2.24) is 4.98 Å². The van der Waals surface area contributed by atoms with Crippen molar-refractivity contribution < 1.29 is 14.6 Å². The van der Waals surface area contributed by atoms with Gasteiger partial charge in [0.05, 0.1) is 29.1 Å². The minimum absolute atomic E-state index is 0.00632. The fourth-order valence-electron chi connectivity index (χ4n) is 3.80. The summed E-state index contributed by atoms with van der Waals surface area (Å²) in [5.74, 6) is -0.408. The zero-order valence-electron chi connectivity index (χ0n) is 18.5. The molecule has 6 heteroatoms. The number of ether oxygens (including phenoxy) is 1. The van der Waals surface area contributed by atoms with E-state index in [4.69, 9.17) is 15.5 Å². The maximum absolute atomic E-state index is 12.1. The molecule has 3 aromatic carbocycles. The highest BCUT2D eigenvalue weighted by molar-refractivity contribution is 6.22. The van der Waals surface area contributed by atoms with Crippen LogP contribution in [0.1, 0.15) is 40.4 Å². The number of carbonyl (C=O) groups excluding carboxylic acids is 1. The summed E-state index contributed by atoms with van der Waals surface area (Å²) in [6.07, 6.45) is 1.87. The predicted octanol–water partition coefficient (Wildman–Crippen LogP) is 5.11. The van der Waals surface area contributed by atoms with E-state index in [2.05, 4.69) is 17.1 Å². The number of H-pyrrole nitrogens is 1. The van der Waals surface area contributed by atoms with Gasteiger partial charge in [0.2, 0.25) is 0 Å². The second-order valence-electron chi connectivity index (χ2n) is 7.71. The number of nitrogens with two attached hydrogens (primary N) is 1. The Morgan fingerprint density at radius 2 is 1.79 bits per heavy atom. The van der Waals surface area contributed by atoms with Gasteiger partial charge in [-0.25, -0.2) is 9.79 Å². The molecule has 33 heavy (non-hydrogen) atoms. The van der Waals surface area contributed by atoms with E-state index in [1.54, 1.807) is 19.1 Å². The Bertz CT molecular complexity index is 1280. The fraction of sp³-hybridized carbons (Fsp3) is 0.185. The smallest absolute Gasteiger partial charge is 0.338 e. The molecule has 0 spiro atoms. The molecule has 0 unspecified atom stereocenters. The number of fused-ring (bicyclic) bond motifs is 1. The molecule has 0 atom stereocenters. The number of rotatable bonds is 8. The van der Waals surface area contributed by atoms with Crippen LogP contribution >= 0.6 is 0 Å². The quantitative estimate of drug-likeness (QED) is 0.261. The average Bonchev–Trinajstić information content (AvgIpc) is 3.17. The molecule has 4 N–H and O–H groups in total. The van der Waals surface area contributed by atoms with Gasteiger partial charge in [-0.3, -0.25) is 0 Å². The van der Waals surface area contributed by atoms with Crippen molar-refractivity contribution in [2.24, 2.45) is 10.7 Å².